The number of aliphatic imine (C=N–C) groups is 1. The Morgan fingerprint density at radius 1 is 1.23 bits per heavy atom. The first-order valence-electron chi connectivity index (χ1n) is 8.58. The smallest absolute Gasteiger partial charge is 0.352 e. The van der Waals surface area contributed by atoms with Crippen molar-refractivity contribution in [3.63, 3.8) is 0 Å². The van der Waals surface area contributed by atoms with Crippen LogP contribution in [0.2, 0.25) is 0 Å². The molecule has 0 amide bonds. The molecule has 1 aliphatic rings. The molecule has 2 unspecified atom stereocenters. The third kappa shape index (κ3) is 6.29. The van der Waals surface area contributed by atoms with Gasteiger partial charge in [0, 0.05) is 38.8 Å². The second kappa shape index (κ2) is 9.77. The molecule has 1 fully saturated rings. The number of alkyl halides is 3. The molecule has 8 heteroatoms. The first kappa shape index (κ1) is 23.0. The van der Waals surface area contributed by atoms with Gasteiger partial charge in [-0.25, -0.2) is 0 Å². The maximum Gasteiger partial charge on any atom is 0.416 e. The van der Waals surface area contributed by atoms with Crippen LogP contribution in [0.5, 0.6) is 0 Å². The van der Waals surface area contributed by atoms with Crippen LogP contribution in [0, 0.1) is 5.92 Å². The van der Waals surface area contributed by atoms with Crippen LogP contribution in [0.15, 0.2) is 29.3 Å². The van der Waals surface area contributed by atoms with Crippen LogP contribution in [-0.4, -0.2) is 43.1 Å². The Bertz CT molecular complexity index is 587. The number of likely N-dealkylation sites (tertiary alicyclic amines) is 1. The van der Waals surface area contributed by atoms with Gasteiger partial charge in [0.05, 0.1) is 5.56 Å². The van der Waals surface area contributed by atoms with Gasteiger partial charge in [-0.15, -0.1) is 24.0 Å². The number of guanidine groups is 1. The van der Waals surface area contributed by atoms with E-state index in [-0.39, 0.29) is 24.0 Å². The van der Waals surface area contributed by atoms with E-state index in [9.17, 15) is 13.2 Å². The summed E-state index contributed by atoms with van der Waals surface area (Å²) in [4.78, 5) is 6.65. The minimum absolute atomic E-state index is 0. The van der Waals surface area contributed by atoms with E-state index in [1.54, 1.807) is 7.05 Å². The number of rotatable bonds is 4. The zero-order chi connectivity index (χ0) is 18.6. The first-order chi connectivity index (χ1) is 11.7. The maximum absolute atomic E-state index is 12.6. The summed E-state index contributed by atoms with van der Waals surface area (Å²) in [5.41, 5.74) is 0.145. The van der Waals surface area contributed by atoms with Crippen molar-refractivity contribution < 1.29 is 13.2 Å². The minimum atomic E-state index is -4.30. The molecule has 1 aromatic carbocycles. The Kier molecular flexibility index (Phi) is 8.65. The Morgan fingerprint density at radius 3 is 2.31 bits per heavy atom. The molecule has 26 heavy (non-hydrogen) atoms. The molecule has 2 atom stereocenters. The SMILES string of the molecule is CN=C(NCc1ccc(C(F)(F)F)cc1)NC1CN(C(C)C)CC1C.I. The Hall–Kier alpha value is -1.03. The quantitative estimate of drug-likeness (QED) is 0.389. The summed E-state index contributed by atoms with van der Waals surface area (Å²) in [6.07, 6.45) is -4.30. The highest BCUT2D eigenvalue weighted by molar-refractivity contribution is 14.0. The Balaban J connectivity index is 0.00000338. The Labute approximate surface area is 170 Å². The van der Waals surface area contributed by atoms with Gasteiger partial charge < -0.3 is 10.6 Å². The molecule has 148 valence electrons. The molecule has 2 rings (SSSR count). The fourth-order valence-electron chi connectivity index (χ4n) is 2.98. The van der Waals surface area contributed by atoms with E-state index in [0.717, 1.165) is 30.8 Å². The normalized spacial score (nSPS) is 21.6. The molecule has 0 aromatic heterocycles. The van der Waals surface area contributed by atoms with E-state index in [1.165, 1.54) is 12.1 Å². The number of hydrogen-bond donors (Lipinski definition) is 2. The molecule has 2 N–H and O–H groups in total. The second-order valence-electron chi connectivity index (χ2n) is 6.90. The molecule has 1 saturated heterocycles. The molecule has 1 aliphatic heterocycles. The van der Waals surface area contributed by atoms with E-state index in [1.807, 2.05) is 0 Å². The second-order valence-corrected chi connectivity index (χ2v) is 6.90. The number of hydrogen-bond acceptors (Lipinski definition) is 2. The van der Waals surface area contributed by atoms with E-state index < -0.39 is 11.7 Å². The van der Waals surface area contributed by atoms with Crippen molar-refractivity contribution in [1.82, 2.24) is 15.5 Å². The largest absolute Gasteiger partial charge is 0.416 e. The lowest BCUT2D eigenvalue weighted by atomic mass is 10.1. The van der Waals surface area contributed by atoms with Crippen molar-refractivity contribution in [3.8, 4) is 0 Å². The minimum Gasteiger partial charge on any atom is -0.352 e. The van der Waals surface area contributed by atoms with Crippen molar-refractivity contribution >= 4 is 29.9 Å². The van der Waals surface area contributed by atoms with E-state index in [4.69, 9.17) is 0 Å². The zero-order valence-electron chi connectivity index (χ0n) is 15.6. The maximum atomic E-state index is 12.6. The van der Waals surface area contributed by atoms with Crippen LogP contribution < -0.4 is 10.6 Å². The third-order valence-electron chi connectivity index (χ3n) is 4.66. The summed E-state index contributed by atoms with van der Waals surface area (Å²) in [6.45, 7) is 9.01. The van der Waals surface area contributed by atoms with Crippen LogP contribution in [0.25, 0.3) is 0 Å². The van der Waals surface area contributed by atoms with E-state index in [0.29, 0.717) is 30.5 Å². The number of halogens is 4. The first-order valence-corrected chi connectivity index (χ1v) is 8.58. The van der Waals surface area contributed by atoms with Crippen molar-refractivity contribution in [3.05, 3.63) is 35.4 Å². The van der Waals surface area contributed by atoms with Gasteiger partial charge in [-0.05, 0) is 37.5 Å². The summed E-state index contributed by atoms with van der Waals surface area (Å²) >= 11 is 0. The molecule has 1 aromatic rings. The van der Waals surface area contributed by atoms with Crippen LogP contribution in [0.3, 0.4) is 0 Å². The molecule has 0 saturated carbocycles. The average Bonchev–Trinajstić information content (AvgIpc) is 2.92. The van der Waals surface area contributed by atoms with Gasteiger partial charge >= 0.3 is 6.18 Å². The van der Waals surface area contributed by atoms with Crippen LogP contribution in [0.4, 0.5) is 13.2 Å². The van der Waals surface area contributed by atoms with Crippen LogP contribution in [-0.2, 0) is 12.7 Å². The number of nitrogens with zero attached hydrogens (tertiary/aromatic N) is 2. The van der Waals surface area contributed by atoms with Crippen LogP contribution >= 0.6 is 24.0 Å². The van der Waals surface area contributed by atoms with Gasteiger partial charge in [-0.3, -0.25) is 9.89 Å². The monoisotopic (exact) mass is 484 g/mol. The molecule has 0 aliphatic carbocycles. The van der Waals surface area contributed by atoms with Gasteiger partial charge in [0.1, 0.15) is 0 Å². The molecule has 0 spiro atoms. The predicted molar refractivity (Wildman–Crippen MR) is 110 cm³/mol. The highest BCUT2D eigenvalue weighted by atomic mass is 127. The zero-order valence-corrected chi connectivity index (χ0v) is 17.9. The van der Waals surface area contributed by atoms with Gasteiger partial charge in [-0.2, -0.15) is 13.2 Å². The van der Waals surface area contributed by atoms with E-state index in [2.05, 4.69) is 41.3 Å². The third-order valence-corrected chi connectivity index (χ3v) is 4.66. The van der Waals surface area contributed by atoms with Crippen LogP contribution in [0.1, 0.15) is 31.9 Å². The topological polar surface area (TPSA) is 39.7 Å². The Morgan fingerprint density at radius 2 is 1.85 bits per heavy atom. The highest BCUT2D eigenvalue weighted by Gasteiger charge is 2.31. The lowest BCUT2D eigenvalue weighted by Crippen LogP contribution is -2.46. The summed E-state index contributed by atoms with van der Waals surface area (Å²) in [7, 11) is 1.70. The lowest BCUT2D eigenvalue weighted by Gasteiger charge is -2.22. The standard InChI is InChI=1S/C18H27F3N4.HI/c1-12(2)25-10-13(3)16(11-25)24-17(22-4)23-9-14-5-7-15(8-6-14)18(19,20)21;/h5-8,12-13,16H,9-11H2,1-4H3,(H2,22,23,24);1H. The fourth-order valence-corrected chi connectivity index (χ4v) is 2.98. The van der Waals surface area contributed by atoms with Gasteiger partial charge in [0.25, 0.3) is 0 Å². The van der Waals surface area contributed by atoms with Gasteiger partial charge in [0.2, 0.25) is 0 Å². The molecule has 4 nitrogen and oxygen atoms in total. The molecular weight excluding hydrogens is 456 g/mol. The highest BCUT2D eigenvalue weighted by Crippen LogP contribution is 2.29. The van der Waals surface area contributed by atoms with Crippen molar-refractivity contribution in [2.24, 2.45) is 10.9 Å². The van der Waals surface area contributed by atoms with Crippen molar-refractivity contribution in [1.29, 1.82) is 0 Å². The summed E-state index contributed by atoms with van der Waals surface area (Å²) < 4.78 is 37.8. The van der Waals surface area contributed by atoms with Crippen molar-refractivity contribution in [2.75, 3.05) is 20.1 Å². The molecule has 0 bridgehead atoms. The average molecular weight is 484 g/mol. The summed E-state index contributed by atoms with van der Waals surface area (Å²) in [6, 6.07) is 6.00. The molecular formula is C18H28F3IN4. The van der Waals surface area contributed by atoms with E-state index >= 15 is 0 Å². The van der Waals surface area contributed by atoms with Crippen molar-refractivity contribution in [2.45, 2.75) is 45.6 Å². The number of nitrogens with one attached hydrogen (secondary N) is 2. The predicted octanol–water partition coefficient (Wildman–Crippen LogP) is 3.72. The van der Waals surface area contributed by atoms with Gasteiger partial charge in [0.15, 0.2) is 5.96 Å². The van der Waals surface area contributed by atoms with Gasteiger partial charge in [-0.1, -0.05) is 19.1 Å². The molecule has 0 radical (unpaired) electrons. The summed E-state index contributed by atoms with van der Waals surface area (Å²) in [5, 5.41) is 6.60. The molecule has 1 heterocycles. The fraction of sp³-hybridized carbons (Fsp3) is 0.611. The number of benzene rings is 1. The lowest BCUT2D eigenvalue weighted by molar-refractivity contribution is -0.137. The summed E-state index contributed by atoms with van der Waals surface area (Å²) in [5.74, 6) is 1.18.